The summed E-state index contributed by atoms with van der Waals surface area (Å²) in [6, 6.07) is 4.67. The van der Waals surface area contributed by atoms with Crippen molar-refractivity contribution in [2.24, 2.45) is 0 Å². The Morgan fingerprint density at radius 2 is 2.21 bits per heavy atom. The summed E-state index contributed by atoms with van der Waals surface area (Å²) in [5, 5.41) is 2.97. The van der Waals surface area contributed by atoms with E-state index in [1.54, 1.807) is 6.07 Å². The Morgan fingerprint density at radius 3 is 2.89 bits per heavy atom. The minimum absolute atomic E-state index is 0.182. The maximum atomic E-state index is 12.1. The van der Waals surface area contributed by atoms with E-state index < -0.39 is 10.0 Å². The molecule has 19 heavy (non-hydrogen) atoms. The molecule has 2 N–H and O–H groups in total. The van der Waals surface area contributed by atoms with E-state index in [1.807, 2.05) is 6.92 Å². The Labute approximate surface area is 111 Å². The lowest BCUT2D eigenvalue weighted by Gasteiger charge is -2.07. The molecule has 102 valence electrons. The molecule has 0 spiro atoms. The highest BCUT2D eigenvalue weighted by molar-refractivity contribution is 7.89. The van der Waals surface area contributed by atoms with Crippen LogP contribution in [0, 0.1) is 0 Å². The Hall–Kier alpha value is -1.86. The van der Waals surface area contributed by atoms with E-state index in [2.05, 4.69) is 15.0 Å². The molecule has 0 atom stereocenters. The van der Waals surface area contributed by atoms with Gasteiger partial charge in [0.05, 0.1) is 17.4 Å². The molecule has 0 bridgehead atoms. The van der Waals surface area contributed by atoms with Gasteiger partial charge in [-0.05, 0) is 19.1 Å². The molecule has 0 aliphatic rings. The zero-order chi connectivity index (χ0) is 13.7. The van der Waals surface area contributed by atoms with Crippen LogP contribution in [0.25, 0.3) is 0 Å². The van der Waals surface area contributed by atoms with Crippen molar-refractivity contribution in [2.45, 2.75) is 18.4 Å². The Morgan fingerprint density at radius 1 is 1.37 bits per heavy atom. The molecular formula is C12H15N3O3S. The van der Waals surface area contributed by atoms with Gasteiger partial charge in [-0.3, -0.25) is 0 Å². The zero-order valence-electron chi connectivity index (χ0n) is 10.5. The molecule has 0 radical (unpaired) electrons. The fraction of sp³-hybridized carbons (Fsp3) is 0.250. The first-order valence-corrected chi connectivity index (χ1v) is 7.31. The van der Waals surface area contributed by atoms with Crippen LogP contribution in [0.1, 0.15) is 12.5 Å². The summed E-state index contributed by atoms with van der Waals surface area (Å²) in [6.07, 6.45) is 4.46. The predicted octanol–water partition coefficient (Wildman–Crippen LogP) is 1.58. The standard InChI is InChI=1S/C12H15N3O3S/c1-2-13-12-7-11(3-5-14-12)19(16,17)15-8-10-4-6-18-9-10/h3-7,9,15H,2,8H2,1H3,(H,13,14). The van der Waals surface area contributed by atoms with Gasteiger partial charge in [-0.15, -0.1) is 0 Å². The second-order valence-electron chi connectivity index (χ2n) is 3.86. The van der Waals surface area contributed by atoms with Crippen molar-refractivity contribution >= 4 is 15.8 Å². The minimum Gasteiger partial charge on any atom is -0.472 e. The SMILES string of the molecule is CCNc1cc(S(=O)(=O)NCc2ccoc2)ccn1. The van der Waals surface area contributed by atoms with Crippen LogP contribution >= 0.6 is 0 Å². The minimum atomic E-state index is -3.55. The van der Waals surface area contributed by atoms with Gasteiger partial charge in [-0.2, -0.15) is 0 Å². The van der Waals surface area contributed by atoms with Crippen molar-refractivity contribution in [3.05, 3.63) is 42.5 Å². The van der Waals surface area contributed by atoms with E-state index in [9.17, 15) is 8.42 Å². The van der Waals surface area contributed by atoms with Crippen molar-refractivity contribution in [2.75, 3.05) is 11.9 Å². The van der Waals surface area contributed by atoms with Gasteiger partial charge in [0.1, 0.15) is 5.82 Å². The number of hydrogen-bond acceptors (Lipinski definition) is 5. The Balaban J connectivity index is 2.12. The maximum absolute atomic E-state index is 12.1. The highest BCUT2D eigenvalue weighted by Gasteiger charge is 2.14. The van der Waals surface area contributed by atoms with Crippen LogP contribution in [-0.2, 0) is 16.6 Å². The first kappa shape index (κ1) is 13.6. The van der Waals surface area contributed by atoms with Gasteiger partial charge in [0.2, 0.25) is 10.0 Å². The fourth-order valence-electron chi connectivity index (χ4n) is 1.51. The molecule has 0 aliphatic heterocycles. The summed E-state index contributed by atoms with van der Waals surface area (Å²) < 4.78 is 31.6. The lowest BCUT2D eigenvalue weighted by Crippen LogP contribution is -2.23. The molecule has 6 nitrogen and oxygen atoms in total. The molecule has 0 unspecified atom stereocenters. The quantitative estimate of drug-likeness (QED) is 0.840. The number of anilines is 1. The number of hydrogen-bond donors (Lipinski definition) is 2. The molecule has 2 aromatic heterocycles. The third-order valence-corrected chi connectivity index (χ3v) is 3.84. The van der Waals surface area contributed by atoms with Crippen LogP contribution in [-0.4, -0.2) is 19.9 Å². The Kier molecular flexibility index (Phi) is 4.18. The second-order valence-corrected chi connectivity index (χ2v) is 5.63. The van der Waals surface area contributed by atoms with Gasteiger partial charge in [0.15, 0.2) is 0 Å². The number of sulfonamides is 1. The molecule has 0 saturated heterocycles. The molecule has 2 aromatic rings. The van der Waals surface area contributed by atoms with Gasteiger partial charge in [0, 0.05) is 30.9 Å². The molecule has 0 amide bonds. The number of rotatable bonds is 6. The summed E-state index contributed by atoms with van der Waals surface area (Å²) in [5.74, 6) is 0.536. The summed E-state index contributed by atoms with van der Waals surface area (Å²) in [7, 11) is -3.55. The van der Waals surface area contributed by atoms with Gasteiger partial charge >= 0.3 is 0 Å². The third-order valence-electron chi connectivity index (χ3n) is 2.45. The van der Waals surface area contributed by atoms with Crippen LogP contribution in [0.2, 0.25) is 0 Å². The summed E-state index contributed by atoms with van der Waals surface area (Å²) in [5.41, 5.74) is 0.768. The van der Waals surface area contributed by atoms with Crippen LogP contribution in [0.15, 0.2) is 46.2 Å². The number of pyridine rings is 1. The van der Waals surface area contributed by atoms with Crippen LogP contribution in [0.5, 0.6) is 0 Å². The van der Waals surface area contributed by atoms with E-state index in [4.69, 9.17) is 4.42 Å². The highest BCUT2D eigenvalue weighted by atomic mass is 32.2. The number of furan rings is 1. The van der Waals surface area contributed by atoms with Crippen molar-refractivity contribution in [3.8, 4) is 0 Å². The van der Waals surface area contributed by atoms with Crippen LogP contribution in [0.4, 0.5) is 5.82 Å². The average molecular weight is 281 g/mol. The lowest BCUT2D eigenvalue weighted by molar-refractivity contribution is 0.561. The molecule has 7 heteroatoms. The van der Waals surface area contributed by atoms with Crippen molar-refractivity contribution in [3.63, 3.8) is 0 Å². The predicted molar refractivity (Wildman–Crippen MR) is 71.1 cm³/mol. The molecule has 0 aromatic carbocycles. The summed E-state index contributed by atoms with van der Waals surface area (Å²) in [6.45, 7) is 2.79. The van der Waals surface area contributed by atoms with Crippen LogP contribution in [0.3, 0.4) is 0 Å². The average Bonchev–Trinajstić information content (AvgIpc) is 2.90. The highest BCUT2D eigenvalue weighted by Crippen LogP contribution is 2.13. The first-order valence-electron chi connectivity index (χ1n) is 5.82. The summed E-state index contributed by atoms with van der Waals surface area (Å²) >= 11 is 0. The van der Waals surface area contributed by atoms with Crippen molar-refractivity contribution < 1.29 is 12.8 Å². The topological polar surface area (TPSA) is 84.2 Å². The number of aromatic nitrogens is 1. The van der Waals surface area contributed by atoms with Crippen molar-refractivity contribution in [1.29, 1.82) is 0 Å². The zero-order valence-corrected chi connectivity index (χ0v) is 11.3. The second kappa shape index (κ2) is 5.85. The van der Waals surface area contributed by atoms with Gasteiger partial charge in [-0.25, -0.2) is 18.1 Å². The van der Waals surface area contributed by atoms with E-state index in [0.717, 1.165) is 5.56 Å². The first-order chi connectivity index (χ1) is 9.12. The fourth-order valence-corrected chi connectivity index (χ4v) is 2.54. The number of nitrogens with zero attached hydrogens (tertiary/aromatic N) is 1. The van der Waals surface area contributed by atoms with Gasteiger partial charge in [0.25, 0.3) is 0 Å². The lowest BCUT2D eigenvalue weighted by atomic mass is 10.4. The normalized spacial score (nSPS) is 11.4. The van der Waals surface area contributed by atoms with Gasteiger partial charge in [-0.1, -0.05) is 0 Å². The van der Waals surface area contributed by atoms with E-state index >= 15 is 0 Å². The Bertz CT molecular complexity index is 623. The van der Waals surface area contributed by atoms with Crippen molar-refractivity contribution in [1.82, 2.24) is 9.71 Å². The molecule has 0 aliphatic carbocycles. The molecule has 2 heterocycles. The summed E-state index contributed by atoms with van der Waals surface area (Å²) in [4.78, 5) is 4.22. The molecular weight excluding hydrogens is 266 g/mol. The molecule has 2 rings (SSSR count). The van der Waals surface area contributed by atoms with E-state index in [-0.39, 0.29) is 11.4 Å². The number of nitrogens with one attached hydrogen (secondary N) is 2. The smallest absolute Gasteiger partial charge is 0.241 e. The van der Waals surface area contributed by atoms with Gasteiger partial charge < -0.3 is 9.73 Å². The van der Waals surface area contributed by atoms with E-state index in [1.165, 1.54) is 30.9 Å². The third kappa shape index (κ3) is 3.55. The van der Waals surface area contributed by atoms with E-state index in [0.29, 0.717) is 12.4 Å². The molecule has 0 fully saturated rings. The van der Waals surface area contributed by atoms with Crippen LogP contribution < -0.4 is 10.0 Å². The largest absolute Gasteiger partial charge is 0.472 e. The molecule has 0 saturated carbocycles. The maximum Gasteiger partial charge on any atom is 0.241 e. The monoisotopic (exact) mass is 281 g/mol.